The van der Waals surface area contributed by atoms with Gasteiger partial charge in [0.05, 0.1) is 6.20 Å². The molecule has 3 heterocycles. The lowest BCUT2D eigenvalue weighted by Crippen LogP contribution is -2.30. The zero-order valence-corrected chi connectivity index (χ0v) is 13.8. The molecule has 0 unspecified atom stereocenters. The molecule has 1 atom stereocenters. The summed E-state index contributed by atoms with van der Waals surface area (Å²) < 4.78 is 6.92. The number of rotatable bonds is 0. The van der Waals surface area contributed by atoms with Gasteiger partial charge < -0.3 is 10.5 Å². The molecule has 1 aromatic carbocycles. The molecule has 0 saturated carbocycles. The minimum atomic E-state index is -0.561. The molecule has 1 spiro atoms. The molecule has 4 rings (SSSR count). The molecule has 0 amide bonds. The van der Waals surface area contributed by atoms with Crippen LogP contribution in [0.2, 0.25) is 5.15 Å². The summed E-state index contributed by atoms with van der Waals surface area (Å²) in [7, 11) is 0. The van der Waals surface area contributed by atoms with Crippen LogP contribution < -0.4 is 10.5 Å². The van der Waals surface area contributed by atoms with Crippen LogP contribution in [0.15, 0.2) is 39.9 Å². The molecule has 4 nitrogen and oxygen atoms in total. The normalized spacial score (nSPS) is 22.5. The maximum atomic E-state index is 6.07. The van der Waals surface area contributed by atoms with Gasteiger partial charge in [0.1, 0.15) is 16.4 Å². The molecule has 0 bridgehead atoms. The lowest BCUT2D eigenvalue weighted by atomic mass is 9.83. The van der Waals surface area contributed by atoms with Gasteiger partial charge in [0.2, 0.25) is 0 Å². The molecule has 0 fully saturated rings. The number of fused-ring (bicyclic) bond motifs is 4. The van der Waals surface area contributed by atoms with Gasteiger partial charge in [-0.25, -0.2) is 9.98 Å². The number of amidine groups is 1. The number of halogens is 2. The number of thioether (sulfide) groups is 1. The van der Waals surface area contributed by atoms with Crippen LogP contribution in [0.5, 0.6) is 11.5 Å². The minimum absolute atomic E-state index is 0.417. The highest BCUT2D eigenvalue weighted by atomic mass is 79.9. The van der Waals surface area contributed by atoms with Crippen molar-refractivity contribution in [3.8, 4) is 11.5 Å². The molecule has 2 N–H and O–H groups in total. The molecule has 2 aromatic rings. The van der Waals surface area contributed by atoms with Gasteiger partial charge >= 0.3 is 0 Å². The molecular formula is C14H9BrClN3OS. The minimum Gasteiger partial charge on any atom is -0.455 e. The Kier molecular flexibility index (Phi) is 2.96. The number of hydrogen-bond acceptors (Lipinski definition) is 5. The van der Waals surface area contributed by atoms with Crippen LogP contribution in [0.1, 0.15) is 11.1 Å². The molecule has 0 radical (unpaired) electrons. The van der Waals surface area contributed by atoms with Crippen LogP contribution in [0.3, 0.4) is 0 Å². The predicted octanol–water partition coefficient (Wildman–Crippen LogP) is 3.91. The quantitative estimate of drug-likeness (QED) is 0.702. The standard InChI is InChI=1S/C14H9BrClN3OS/c15-7-1-2-10-8(3-7)14(6-21-13(17)19-14)9-4-12(16)18-5-11(9)20-10/h1-5H,6H2,(H2,17,19)/t14-/m0/s1. The van der Waals surface area contributed by atoms with E-state index in [1.165, 1.54) is 11.8 Å². The third kappa shape index (κ3) is 1.97. The van der Waals surface area contributed by atoms with Crippen LogP contribution in [-0.2, 0) is 5.54 Å². The summed E-state index contributed by atoms with van der Waals surface area (Å²) >= 11 is 11.1. The highest BCUT2D eigenvalue weighted by molar-refractivity contribution is 9.10. The third-order valence-corrected chi connectivity index (χ3v) is 5.27. The SMILES string of the molecule is NC1=N[C@@]2(CS1)c1cc(Br)ccc1Oc1cnc(Cl)cc12. The van der Waals surface area contributed by atoms with Crippen molar-refractivity contribution in [3.63, 3.8) is 0 Å². The second kappa shape index (κ2) is 4.63. The Hall–Kier alpha value is -1.24. The van der Waals surface area contributed by atoms with Gasteiger partial charge in [-0.3, -0.25) is 0 Å². The average molecular weight is 383 g/mol. The van der Waals surface area contributed by atoms with Gasteiger partial charge in [0.25, 0.3) is 0 Å². The number of aromatic nitrogens is 1. The van der Waals surface area contributed by atoms with Crippen molar-refractivity contribution in [2.75, 3.05) is 5.75 Å². The first-order valence-corrected chi connectivity index (χ1v) is 8.36. The van der Waals surface area contributed by atoms with Crippen molar-refractivity contribution in [1.82, 2.24) is 4.98 Å². The summed E-state index contributed by atoms with van der Waals surface area (Å²) in [6, 6.07) is 7.70. The van der Waals surface area contributed by atoms with E-state index >= 15 is 0 Å². The second-order valence-electron chi connectivity index (χ2n) is 4.84. The first-order chi connectivity index (χ1) is 10.1. The number of pyridine rings is 1. The molecule has 1 aromatic heterocycles. The van der Waals surface area contributed by atoms with Gasteiger partial charge in [-0.15, -0.1) is 0 Å². The van der Waals surface area contributed by atoms with E-state index in [-0.39, 0.29) is 0 Å². The van der Waals surface area contributed by atoms with Crippen molar-refractivity contribution in [2.45, 2.75) is 5.54 Å². The monoisotopic (exact) mass is 381 g/mol. The van der Waals surface area contributed by atoms with Gasteiger partial charge in [-0.1, -0.05) is 39.3 Å². The molecule has 7 heteroatoms. The highest BCUT2D eigenvalue weighted by Crippen LogP contribution is 2.53. The smallest absolute Gasteiger partial charge is 0.155 e. The molecule has 2 aliphatic heterocycles. The Labute approximate surface area is 138 Å². The summed E-state index contributed by atoms with van der Waals surface area (Å²) in [5.41, 5.74) is 7.27. The van der Waals surface area contributed by atoms with E-state index in [0.29, 0.717) is 16.1 Å². The van der Waals surface area contributed by atoms with Crippen molar-refractivity contribution in [1.29, 1.82) is 0 Å². The summed E-state index contributed by atoms with van der Waals surface area (Å²) in [6.07, 6.45) is 1.64. The predicted molar refractivity (Wildman–Crippen MR) is 88.3 cm³/mol. The largest absolute Gasteiger partial charge is 0.455 e. The van der Waals surface area contributed by atoms with E-state index in [1.807, 2.05) is 24.3 Å². The Morgan fingerprint density at radius 1 is 1.29 bits per heavy atom. The van der Waals surface area contributed by atoms with Crippen molar-refractivity contribution in [3.05, 3.63) is 51.2 Å². The Morgan fingerprint density at radius 2 is 2.10 bits per heavy atom. The fraction of sp³-hybridized carbons (Fsp3) is 0.143. The van der Waals surface area contributed by atoms with Crippen LogP contribution >= 0.6 is 39.3 Å². The van der Waals surface area contributed by atoms with E-state index in [9.17, 15) is 0 Å². The Bertz CT molecular complexity index is 744. The van der Waals surface area contributed by atoms with Gasteiger partial charge in [0, 0.05) is 21.4 Å². The van der Waals surface area contributed by atoms with E-state index in [4.69, 9.17) is 27.1 Å². The van der Waals surface area contributed by atoms with E-state index in [1.54, 1.807) is 6.20 Å². The molecule has 0 aliphatic carbocycles. The van der Waals surface area contributed by atoms with Crippen LogP contribution in [0.25, 0.3) is 0 Å². The summed E-state index contributed by atoms with van der Waals surface area (Å²) in [4.78, 5) is 8.82. The average Bonchev–Trinajstić information content (AvgIpc) is 2.84. The Morgan fingerprint density at radius 3 is 2.86 bits per heavy atom. The van der Waals surface area contributed by atoms with Gasteiger partial charge in [0.15, 0.2) is 10.9 Å². The maximum Gasteiger partial charge on any atom is 0.155 e. The molecule has 106 valence electrons. The number of nitrogens with zero attached hydrogens (tertiary/aromatic N) is 2. The fourth-order valence-electron chi connectivity index (χ4n) is 2.71. The highest BCUT2D eigenvalue weighted by Gasteiger charge is 2.46. The third-order valence-electron chi connectivity index (χ3n) is 3.62. The van der Waals surface area contributed by atoms with Crippen LogP contribution in [0, 0.1) is 0 Å². The second-order valence-corrected chi connectivity index (χ2v) is 7.14. The van der Waals surface area contributed by atoms with Gasteiger partial charge in [-0.2, -0.15) is 0 Å². The van der Waals surface area contributed by atoms with Crippen molar-refractivity contribution >= 4 is 44.5 Å². The molecule has 2 aliphatic rings. The fourth-order valence-corrected chi connectivity index (χ4v) is 4.18. The molecule has 21 heavy (non-hydrogen) atoms. The number of aliphatic imine (C=N–C) groups is 1. The maximum absolute atomic E-state index is 6.07. The first kappa shape index (κ1) is 13.4. The summed E-state index contributed by atoms with van der Waals surface area (Å²) in [5.74, 6) is 2.17. The Balaban J connectivity index is 2.05. The number of ether oxygens (including phenoxy) is 1. The molecular weight excluding hydrogens is 374 g/mol. The van der Waals surface area contributed by atoms with Crippen molar-refractivity contribution in [2.24, 2.45) is 10.7 Å². The summed E-state index contributed by atoms with van der Waals surface area (Å²) in [6.45, 7) is 0. The lowest BCUT2D eigenvalue weighted by molar-refractivity contribution is 0.414. The van der Waals surface area contributed by atoms with E-state index in [0.717, 1.165) is 27.1 Å². The zero-order valence-electron chi connectivity index (χ0n) is 10.6. The summed E-state index contributed by atoms with van der Waals surface area (Å²) in [5, 5.41) is 0.988. The molecule has 0 saturated heterocycles. The van der Waals surface area contributed by atoms with Crippen LogP contribution in [0.4, 0.5) is 0 Å². The topological polar surface area (TPSA) is 60.5 Å². The number of hydrogen-bond donors (Lipinski definition) is 1. The first-order valence-electron chi connectivity index (χ1n) is 6.20. The number of benzene rings is 1. The van der Waals surface area contributed by atoms with Crippen LogP contribution in [-0.4, -0.2) is 15.9 Å². The van der Waals surface area contributed by atoms with E-state index in [2.05, 4.69) is 20.9 Å². The lowest BCUT2D eigenvalue weighted by Gasteiger charge is -2.34. The zero-order chi connectivity index (χ0) is 14.6. The van der Waals surface area contributed by atoms with E-state index < -0.39 is 5.54 Å². The van der Waals surface area contributed by atoms with Crippen molar-refractivity contribution < 1.29 is 4.74 Å². The number of nitrogens with two attached hydrogens (primary N) is 1. The van der Waals surface area contributed by atoms with Gasteiger partial charge in [-0.05, 0) is 24.3 Å².